The fraction of sp³-hybridized carbons (Fsp3) is 0.900. The van der Waals surface area contributed by atoms with Crippen LogP contribution < -0.4 is 0 Å². The second-order valence-electron chi connectivity index (χ2n) is 3.28. The molecule has 0 radical (unpaired) electrons. The lowest BCUT2D eigenvalue weighted by atomic mass is 10.4. The molecule has 0 aromatic heterocycles. The molecule has 0 aromatic rings. The van der Waals surface area contributed by atoms with Crippen molar-refractivity contribution in [2.24, 2.45) is 0 Å². The third kappa shape index (κ3) is 3.55. The number of unbranched alkanes of at least 4 members (excludes halogenated alkanes) is 1. The number of hydrogen-bond acceptors (Lipinski definition) is 1. The molecule has 0 atom stereocenters. The summed E-state index contributed by atoms with van der Waals surface area (Å²) in [6.45, 7) is 6.94. The van der Waals surface area contributed by atoms with Gasteiger partial charge in [0.05, 0.1) is 30.7 Å². The zero-order chi connectivity index (χ0) is 9.45. The molecule has 0 aliphatic carbocycles. The van der Waals surface area contributed by atoms with E-state index in [0.717, 1.165) is 12.8 Å². The molecule has 0 rings (SSSR count). The van der Waals surface area contributed by atoms with Crippen LogP contribution in [0.1, 0.15) is 33.6 Å². The lowest BCUT2D eigenvalue weighted by molar-refractivity contribution is 0.960. The van der Waals surface area contributed by atoms with Crippen LogP contribution in [-0.2, 0) is 0 Å². The summed E-state index contributed by atoms with van der Waals surface area (Å²) in [7, 11) is -0.620. The van der Waals surface area contributed by atoms with E-state index < -0.39 is 7.26 Å². The number of nitrogens with zero attached hydrogens (tertiary/aromatic N) is 1. The molecule has 0 N–H and O–H groups in total. The van der Waals surface area contributed by atoms with Crippen molar-refractivity contribution in [1.29, 1.82) is 5.26 Å². The van der Waals surface area contributed by atoms with E-state index in [4.69, 9.17) is 5.26 Å². The van der Waals surface area contributed by atoms with Gasteiger partial charge in [0.25, 0.3) is 0 Å². The average Bonchev–Trinajstić information content (AvgIpc) is 2.14. The number of nitriles is 1. The second-order valence-corrected chi connectivity index (χ2v) is 8.30. The predicted octanol–water partition coefficient (Wildman–Crippen LogP) is 3.37. The first-order valence-corrected chi connectivity index (χ1v) is 7.49. The Morgan fingerprint density at radius 1 is 1.08 bits per heavy atom. The Labute approximate surface area is 77.5 Å². The quantitative estimate of drug-likeness (QED) is 0.461. The Hall–Kier alpha value is -0.0800. The van der Waals surface area contributed by atoms with Crippen LogP contribution in [0.15, 0.2) is 0 Å². The fourth-order valence-electron chi connectivity index (χ4n) is 1.64. The van der Waals surface area contributed by atoms with Crippen molar-refractivity contribution in [1.82, 2.24) is 0 Å². The van der Waals surface area contributed by atoms with Crippen molar-refractivity contribution in [3.8, 4) is 6.07 Å². The van der Waals surface area contributed by atoms with Crippen LogP contribution in [0.2, 0.25) is 0 Å². The van der Waals surface area contributed by atoms with E-state index in [1.807, 2.05) is 0 Å². The van der Waals surface area contributed by atoms with Gasteiger partial charge in [-0.2, -0.15) is 5.26 Å². The Bertz CT molecular complexity index is 136. The molecule has 0 aliphatic rings. The minimum atomic E-state index is -0.620. The van der Waals surface area contributed by atoms with Gasteiger partial charge in [0.15, 0.2) is 0 Å². The van der Waals surface area contributed by atoms with Crippen molar-refractivity contribution in [3.05, 3.63) is 0 Å². The SMILES string of the molecule is CC[P+](CC)(CC)CCCC#N. The first kappa shape index (κ1) is 11.9. The van der Waals surface area contributed by atoms with Gasteiger partial charge >= 0.3 is 0 Å². The van der Waals surface area contributed by atoms with Crippen molar-refractivity contribution in [2.75, 3.05) is 24.6 Å². The highest BCUT2D eigenvalue weighted by Crippen LogP contribution is 2.58. The molecule has 0 bridgehead atoms. The van der Waals surface area contributed by atoms with E-state index in [-0.39, 0.29) is 0 Å². The molecule has 0 unspecified atom stereocenters. The summed E-state index contributed by atoms with van der Waals surface area (Å²) >= 11 is 0. The highest BCUT2D eigenvalue weighted by Gasteiger charge is 2.29. The molecule has 0 aromatic carbocycles. The molecule has 0 aliphatic heterocycles. The molecule has 12 heavy (non-hydrogen) atoms. The standard InChI is InChI=1S/C10H21NP/c1-4-12(5-2,6-3)10-8-7-9-11/h4-8,10H2,1-3H3/q+1. The molecule has 0 spiro atoms. The second kappa shape index (κ2) is 6.44. The Morgan fingerprint density at radius 2 is 1.58 bits per heavy atom. The predicted molar refractivity (Wildman–Crippen MR) is 58.3 cm³/mol. The van der Waals surface area contributed by atoms with Gasteiger partial charge in [0.1, 0.15) is 0 Å². The summed E-state index contributed by atoms with van der Waals surface area (Å²) < 4.78 is 0. The fourth-order valence-corrected chi connectivity index (χ4v) is 4.76. The molecule has 0 fully saturated rings. The summed E-state index contributed by atoms with van der Waals surface area (Å²) in [5.41, 5.74) is 0. The zero-order valence-corrected chi connectivity index (χ0v) is 9.53. The van der Waals surface area contributed by atoms with Crippen molar-refractivity contribution >= 4 is 7.26 Å². The summed E-state index contributed by atoms with van der Waals surface area (Å²) in [6.07, 6.45) is 7.31. The topological polar surface area (TPSA) is 23.8 Å². The third-order valence-electron chi connectivity index (χ3n) is 2.93. The largest absolute Gasteiger partial charge is 0.198 e. The summed E-state index contributed by atoms with van der Waals surface area (Å²) in [5.74, 6) is 0. The van der Waals surface area contributed by atoms with Crippen LogP contribution in [-0.4, -0.2) is 24.6 Å². The van der Waals surface area contributed by atoms with E-state index in [1.54, 1.807) is 0 Å². The van der Waals surface area contributed by atoms with E-state index in [0.29, 0.717) is 0 Å². The van der Waals surface area contributed by atoms with Gasteiger partial charge in [-0.25, -0.2) is 0 Å². The van der Waals surface area contributed by atoms with E-state index >= 15 is 0 Å². The van der Waals surface area contributed by atoms with Crippen LogP contribution in [0.3, 0.4) is 0 Å². The van der Waals surface area contributed by atoms with Gasteiger partial charge in [-0.05, 0) is 27.2 Å². The first-order valence-electron chi connectivity index (χ1n) is 4.96. The van der Waals surface area contributed by atoms with E-state index in [1.165, 1.54) is 24.6 Å². The maximum atomic E-state index is 8.44. The Morgan fingerprint density at radius 3 is 1.92 bits per heavy atom. The minimum Gasteiger partial charge on any atom is -0.198 e. The molecule has 0 saturated heterocycles. The average molecular weight is 186 g/mol. The monoisotopic (exact) mass is 186 g/mol. The number of rotatable bonds is 6. The van der Waals surface area contributed by atoms with Crippen LogP contribution in [0.5, 0.6) is 0 Å². The van der Waals surface area contributed by atoms with Gasteiger partial charge in [0, 0.05) is 13.7 Å². The van der Waals surface area contributed by atoms with Gasteiger partial charge in [0.2, 0.25) is 0 Å². The van der Waals surface area contributed by atoms with Crippen LogP contribution >= 0.6 is 7.26 Å². The lowest BCUT2D eigenvalue weighted by Gasteiger charge is -2.22. The highest BCUT2D eigenvalue weighted by molar-refractivity contribution is 7.75. The Kier molecular flexibility index (Phi) is 6.39. The molecule has 0 heterocycles. The van der Waals surface area contributed by atoms with E-state index in [2.05, 4.69) is 26.8 Å². The van der Waals surface area contributed by atoms with Gasteiger partial charge < -0.3 is 0 Å². The highest BCUT2D eigenvalue weighted by atomic mass is 31.2. The molecular formula is C10H21NP+. The molecular weight excluding hydrogens is 165 g/mol. The Balaban J connectivity index is 3.86. The van der Waals surface area contributed by atoms with Crippen LogP contribution in [0, 0.1) is 11.3 Å². The third-order valence-corrected chi connectivity index (χ3v) is 8.22. The normalized spacial score (nSPS) is 11.2. The van der Waals surface area contributed by atoms with Gasteiger partial charge in [-0.15, -0.1) is 0 Å². The first-order chi connectivity index (χ1) is 5.74. The summed E-state index contributed by atoms with van der Waals surface area (Å²) in [5, 5.41) is 8.44. The van der Waals surface area contributed by atoms with Gasteiger partial charge in [-0.3, -0.25) is 0 Å². The maximum absolute atomic E-state index is 8.44. The molecule has 0 saturated carbocycles. The molecule has 70 valence electrons. The van der Waals surface area contributed by atoms with Crippen LogP contribution in [0.4, 0.5) is 0 Å². The lowest BCUT2D eigenvalue weighted by Crippen LogP contribution is -2.07. The number of hydrogen-bond donors (Lipinski definition) is 0. The molecule has 2 heteroatoms. The van der Waals surface area contributed by atoms with Crippen molar-refractivity contribution in [3.63, 3.8) is 0 Å². The molecule has 1 nitrogen and oxygen atoms in total. The smallest absolute Gasteiger partial charge is 0.0623 e. The van der Waals surface area contributed by atoms with Crippen LogP contribution in [0.25, 0.3) is 0 Å². The molecule has 0 amide bonds. The van der Waals surface area contributed by atoms with Crippen molar-refractivity contribution in [2.45, 2.75) is 33.6 Å². The van der Waals surface area contributed by atoms with Crippen molar-refractivity contribution < 1.29 is 0 Å². The minimum absolute atomic E-state index is 0.620. The summed E-state index contributed by atoms with van der Waals surface area (Å²) in [6, 6.07) is 2.23. The van der Waals surface area contributed by atoms with E-state index in [9.17, 15) is 0 Å². The summed E-state index contributed by atoms with van der Waals surface area (Å²) in [4.78, 5) is 0. The zero-order valence-electron chi connectivity index (χ0n) is 8.64. The maximum Gasteiger partial charge on any atom is 0.0623 e. The van der Waals surface area contributed by atoms with Gasteiger partial charge in [-0.1, -0.05) is 0 Å².